The molecule has 5 nitrogen and oxygen atoms in total. The minimum atomic E-state index is -0.259. The summed E-state index contributed by atoms with van der Waals surface area (Å²) >= 11 is 5.95. The van der Waals surface area contributed by atoms with E-state index in [0.29, 0.717) is 10.7 Å². The number of nitrogens with zero attached hydrogens (tertiary/aromatic N) is 2. The number of aryl methyl sites for hydroxylation is 1. The highest BCUT2D eigenvalue weighted by Gasteiger charge is 2.18. The number of halogens is 1. The van der Waals surface area contributed by atoms with Crippen LogP contribution in [0.1, 0.15) is 29.0 Å². The highest BCUT2D eigenvalue weighted by Crippen LogP contribution is 2.20. The first-order valence-corrected chi connectivity index (χ1v) is 6.53. The molecule has 1 atom stereocenters. The van der Waals surface area contributed by atoms with Crippen molar-refractivity contribution in [3.63, 3.8) is 0 Å². The maximum Gasteiger partial charge on any atom is 0.271 e. The van der Waals surface area contributed by atoms with Crippen molar-refractivity contribution in [2.45, 2.75) is 13.0 Å². The molecular formula is C14H16ClN3O2. The Morgan fingerprint density at radius 3 is 2.85 bits per heavy atom. The van der Waals surface area contributed by atoms with Crippen molar-refractivity contribution in [3.05, 3.63) is 46.7 Å². The predicted molar refractivity (Wildman–Crippen MR) is 77.1 cm³/mol. The molecule has 0 bridgehead atoms. The van der Waals surface area contributed by atoms with Crippen LogP contribution in [-0.4, -0.2) is 22.8 Å². The summed E-state index contributed by atoms with van der Waals surface area (Å²) in [4.78, 5) is 12.2. The fourth-order valence-corrected chi connectivity index (χ4v) is 2.18. The van der Waals surface area contributed by atoms with E-state index in [9.17, 15) is 4.79 Å². The van der Waals surface area contributed by atoms with Gasteiger partial charge in [0.25, 0.3) is 5.91 Å². The number of rotatable bonds is 4. The second-order valence-corrected chi connectivity index (χ2v) is 4.84. The molecule has 0 fully saturated rings. The SMILES string of the molecule is COc1cccc([C@@H](C)NC(=O)c2c(Cl)cnn2C)c1. The molecule has 0 spiro atoms. The van der Waals surface area contributed by atoms with Gasteiger partial charge in [-0.15, -0.1) is 0 Å². The summed E-state index contributed by atoms with van der Waals surface area (Å²) in [6, 6.07) is 7.39. The Bertz CT molecular complexity index is 605. The number of benzene rings is 1. The van der Waals surface area contributed by atoms with Crippen molar-refractivity contribution >= 4 is 17.5 Å². The van der Waals surface area contributed by atoms with E-state index < -0.39 is 0 Å². The van der Waals surface area contributed by atoms with Crippen molar-refractivity contribution in [1.29, 1.82) is 0 Å². The van der Waals surface area contributed by atoms with Gasteiger partial charge in [-0.2, -0.15) is 5.10 Å². The van der Waals surface area contributed by atoms with E-state index in [1.807, 2.05) is 31.2 Å². The van der Waals surface area contributed by atoms with Gasteiger partial charge < -0.3 is 10.1 Å². The van der Waals surface area contributed by atoms with Crippen LogP contribution in [-0.2, 0) is 7.05 Å². The van der Waals surface area contributed by atoms with Crippen LogP contribution in [0.2, 0.25) is 5.02 Å². The van der Waals surface area contributed by atoms with Crippen LogP contribution >= 0.6 is 11.6 Å². The number of amides is 1. The van der Waals surface area contributed by atoms with E-state index >= 15 is 0 Å². The van der Waals surface area contributed by atoms with Crippen LogP contribution < -0.4 is 10.1 Å². The molecule has 0 unspecified atom stereocenters. The van der Waals surface area contributed by atoms with Gasteiger partial charge in [0.15, 0.2) is 0 Å². The van der Waals surface area contributed by atoms with Gasteiger partial charge in [0.05, 0.1) is 24.4 Å². The summed E-state index contributed by atoms with van der Waals surface area (Å²) in [6.45, 7) is 1.90. The molecule has 1 aromatic heterocycles. The largest absolute Gasteiger partial charge is 0.497 e. The lowest BCUT2D eigenvalue weighted by atomic mass is 10.1. The molecule has 0 saturated heterocycles. The van der Waals surface area contributed by atoms with Gasteiger partial charge in [-0.25, -0.2) is 0 Å². The second-order valence-electron chi connectivity index (χ2n) is 4.44. The average molecular weight is 294 g/mol. The van der Waals surface area contributed by atoms with Gasteiger partial charge >= 0.3 is 0 Å². The van der Waals surface area contributed by atoms with E-state index in [1.165, 1.54) is 10.9 Å². The molecule has 0 saturated carbocycles. The molecule has 0 aliphatic rings. The lowest BCUT2D eigenvalue weighted by Crippen LogP contribution is -2.28. The predicted octanol–water partition coefficient (Wildman–Crippen LogP) is 2.57. The Morgan fingerprint density at radius 2 is 2.25 bits per heavy atom. The van der Waals surface area contributed by atoms with Crippen molar-refractivity contribution in [1.82, 2.24) is 15.1 Å². The molecule has 2 rings (SSSR count). The van der Waals surface area contributed by atoms with Gasteiger partial charge in [0.2, 0.25) is 0 Å². The fraction of sp³-hybridized carbons (Fsp3) is 0.286. The lowest BCUT2D eigenvalue weighted by molar-refractivity contribution is 0.0930. The van der Waals surface area contributed by atoms with E-state index in [-0.39, 0.29) is 11.9 Å². The zero-order chi connectivity index (χ0) is 14.7. The monoisotopic (exact) mass is 293 g/mol. The molecule has 0 radical (unpaired) electrons. The Kier molecular flexibility index (Phi) is 4.29. The van der Waals surface area contributed by atoms with Gasteiger partial charge in [-0.1, -0.05) is 23.7 Å². The average Bonchev–Trinajstić information content (AvgIpc) is 2.78. The minimum Gasteiger partial charge on any atom is -0.497 e. The van der Waals surface area contributed by atoms with E-state index in [1.54, 1.807) is 14.2 Å². The molecule has 0 aliphatic heterocycles. The normalized spacial score (nSPS) is 12.0. The summed E-state index contributed by atoms with van der Waals surface area (Å²) < 4.78 is 6.63. The first-order valence-electron chi connectivity index (χ1n) is 6.15. The lowest BCUT2D eigenvalue weighted by Gasteiger charge is -2.15. The standard InChI is InChI=1S/C14H16ClN3O2/c1-9(10-5-4-6-11(7-10)20-3)17-14(19)13-12(15)8-16-18(13)2/h4-9H,1-3H3,(H,17,19)/t9-/m1/s1. The van der Waals surface area contributed by atoms with E-state index in [4.69, 9.17) is 16.3 Å². The number of aromatic nitrogens is 2. The summed E-state index contributed by atoms with van der Waals surface area (Å²) in [6.07, 6.45) is 1.45. The minimum absolute atomic E-state index is 0.163. The van der Waals surface area contributed by atoms with Gasteiger partial charge in [0, 0.05) is 7.05 Å². The molecule has 1 aromatic carbocycles. The van der Waals surface area contributed by atoms with Crippen molar-refractivity contribution in [3.8, 4) is 5.75 Å². The Hall–Kier alpha value is -2.01. The highest BCUT2D eigenvalue weighted by molar-refractivity contribution is 6.33. The van der Waals surface area contributed by atoms with Crippen LogP contribution in [0, 0.1) is 0 Å². The molecule has 0 aliphatic carbocycles. The van der Waals surface area contributed by atoms with E-state index in [0.717, 1.165) is 11.3 Å². The molecule has 1 amide bonds. The summed E-state index contributed by atoms with van der Waals surface area (Å²) in [7, 11) is 3.29. The number of ether oxygens (including phenoxy) is 1. The van der Waals surface area contributed by atoms with Crippen LogP contribution in [0.15, 0.2) is 30.5 Å². The Balaban J connectivity index is 2.15. The zero-order valence-corrected chi connectivity index (χ0v) is 12.3. The van der Waals surface area contributed by atoms with Gasteiger partial charge in [-0.3, -0.25) is 9.48 Å². The molecule has 2 aromatic rings. The van der Waals surface area contributed by atoms with Gasteiger partial charge in [-0.05, 0) is 24.6 Å². The number of hydrogen-bond donors (Lipinski definition) is 1. The first-order chi connectivity index (χ1) is 9.52. The Labute approximate surface area is 122 Å². The summed E-state index contributed by atoms with van der Waals surface area (Å²) in [5, 5.41) is 7.18. The maximum absolute atomic E-state index is 12.2. The molecule has 6 heteroatoms. The summed E-state index contributed by atoms with van der Waals surface area (Å²) in [5.41, 5.74) is 1.30. The topological polar surface area (TPSA) is 56.1 Å². The van der Waals surface area contributed by atoms with Crippen LogP contribution in [0.25, 0.3) is 0 Å². The van der Waals surface area contributed by atoms with Crippen LogP contribution in [0.5, 0.6) is 5.75 Å². The molecular weight excluding hydrogens is 278 g/mol. The maximum atomic E-state index is 12.2. The number of carbonyl (C=O) groups excluding carboxylic acids is 1. The van der Waals surface area contributed by atoms with Crippen molar-refractivity contribution < 1.29 is 9.53 Å². The van der Waals surface area contributed by atoms with E-state index in [2.05, 4.69) is 10.4 Å². The highest BCUT2D eigenvalue weighted by atomic mass is 35.5. The van der Waals surface area contributed by atoms with Crippen LogP contribution in [0.4, 0.5) is 0 Å². The first kappa shape index (κ1) is 14.4. The quantitative estimate of drug-likeness (QED) is 0.942. The molecule has 1 N–H and O–H groups in total. The molecule has 20 heavy (non-hydrogen) atoms. The second kappa shape index (κ2) is 5.96. The number of carbonyl (C=O) groups is 1. The van der Waals surface area contributed by atoms with Gasteiger partial charge in [0.1, 0.15) is 11.4 Å². The third kappa shape index (κ3) is 2.93. The smallest absolute Gasteiger partial charge is 0.271 e. The van der Waals surface area contributed by atoms with Crippen molar-refractivity contribution in [2.24, 2.45) is 7.05 Å². The zero-order valence-electron chi connectivity index (χ0n) is 11.6. The number of hydrogen-bond acceptors (Lipinski definition) is 3. The molecule has 1 heterocycles. The third-order valence-electron chi connectivity index (χ3n) is 3.05. The van der Waals surface area contributed by atoms with Crippen molar-refractivity contribution in [2.75, 3.05) is 7.11 Å². The third-order valence-corrected chi connectivity index (χ3v) is 3.33. The summed E-state index contributed by atoms with van der Waals surface area (Å²) in [5.74, 6) is 0.493. The Morgan fingerprint density at radius 1 is 1.50 bits per heavy atom. The van der Waals surface area contributed by atoms with Crippen LogP contribution in [0.3, 0.4) is 0 Å². The number of methoxy groups -OCH3 is 1. The fourth-order valence-electron chi connectivity index (χ4n) is 1.93. The number of nitrogens with one attached hydrogen (secondary N) is 1. The molecule has 106 valence electrons.